The molecular weight excluding hydrogens is 336 g/mol. The van der Waals surface area contributed by atoms with Gasteiger partial charge in [-0.15, -0.1) is 11.3 Å². The van der Waals surface area contributed by atoms with Crippen molar-refractivity contribution in [1.82, 2.24) is 9.80 Å². The van der Waals surface area contributed by atoms with E-state index < -0.39 is 0 Å². The molecular formula is C19H20N2O3S. The van der Waals surface area contributed by atoms with Crippen LogP contribution in [0.15, 0.2) is 35.7 Å². The highest BCUT2D eigenvalue weighted by atomic mass is 32.1. The fraction of sp³-hybridized carbons (Fsp3) is 0.368. The molecule has 2 aliphatic heterocycles. The van der Waals surface area contributed by atoms with E-state index in [0.29, 0.717) is 32.6 Å². The number of nitrogens with zero attached hydrogens (tertiary/aromatic N) is 2. The molecule has 0 aliphatic carbocycles. The molecule has 0 N–H and O–H groups in total. The van der Waals surface area contributed by atoms with Crippen LogP contribution >= 0.6 is 11.3 Å². The van der Waals surface area contributed by atoms with Crippen LogP contribution in [0.5, 0.6) is 5.75 Å². The van der Waals surface area contributed by atoms with E-state index in [2.05, 4.69) is 6.07 Å². The van der Waals surface area contributed by atoms with Crippen LogP contribution in [0.1, 0.15) is 20.8 Å². The van der Waals surface area contributed by atoms with E-state index >= 15 is 0 Å². The van der Waals surface area contributed by atoms with Crippen molar-refractivity contribution in [2.24, 2.45) is 0 Å². The number of benzene rings is 1. The SMILES string of the molecule is O=C(Cc1ccc2c(c1)CCO2)N1CCN(C(=O)c2cccs2)CC1. The molecule has 2 aromatic rings. The van der Waals surface area contributed by atoms with E-state index in [1.165, 1.54) is 16.9 Å². The van der Waals surface area contributed by atoms with E-state index in [0.717, 1.165) is 29.2 Å². The number of hydrogen-bond acceptors (Lipinski definition) is 4. The van der Waals surface area contributed by atoms with Gasteiger partial charge in [0.25, 0.3) is 5.91 Å². The molecule has 0 bridgehead atoms. The Labute approximate surface area is 150 Å². The Morgan fingerprint density at radius 3 is 2.64 bits per heavy atom. The van der Waals surface area contributed by atoms with Gasteiger partial charge in [-0.2, -0.15) is 0 Å². The third-order valence-electron chi connectivity index (χ3n) is 4.76. The molecule has 4 rings (SSSR count). The van der Waals surface area contributed by atoms with Crippen molar-refractivity contribution >= 4 is 23.2 Å². The Hall–Kier alpha value is -2.34. The number of carbonyl (C=O) groups excluding carboxylic acids is 2. The van der Waals surface area contributed by atoms with E-state index in [-0.39, 0.29) is 11.8 Å². The highest BCUT2D eigenvalue weighted by Gasteiger charge is 2.25. The first-order valence-electron chi connectivity index (χ1n) is 8.56. The minimum Gasteiger partial charge on any atom is -0.493 e. The monoisotopic (exact) mass is 356 g/mol. The maximum atomic E-state index is 12.6. The van der Waals surface area contributed by atoms with Crippen molar-refractivity contribution in [2.75, 3.05) is 32.8 Å². The fourth-order valence-corrected chi connectivity index (χ4v) is 4.04. The van der Waals surface area contributed by atoms with Crippen molar-refractivity contribution in [3.05, 3.63) is 51.7 Å². The van der Waals surface area contributed by atoms with Gasteiger partial charge in [0.05, 0.1) is 17.9 Å². The molecule has 0 spiro atoms. The topological polar surface area (TPSA) is 49.9 Å². The molecule has 1 aromatic carbocycles. The molecule has 25 heavy (non-hydrogen) atoms. The zero-order valence-corrected chi connectivity index (χ0v) is 14.8. The number of carbonyl (C=O) groups is 2. The van der Waals surface area contributed by atoms with Gasteiger partial charge in [0, 0.05) is 32.6 Å². The van der Waals surface area contributed by atoms with E-state index in [9.17, 15) is 9.59 Å². The summed E-state index contributed by atoms with van der Waals surface area (Å²) in [4.78, 5) is 29.4. The molecule has 5 nitrogen and oxygen atoms in total. The van der Waals surface area contributed by atoms with Crippen molar-refractivity contribution in [2.45, 2.75) is 12.8 Å². The summed E-state index contributed by atoms with van der Waals surface area (Å²) >= 11 is 1.46. The second-order valence-corrected chi connectivity index (χ2v) is 7.32. The zero-order chi connectivity index (χ0) is 17.2. The molecule has 0 saturated carbocycles. The number of piperazine rings is 1. The minimum absolute atomic E-state index is 0.0701. The maximum absolute atomic E-state index is 12.6. The summed E-state index contributed by atoms with van der Waals surface area (Å²) in [6, 6.07) is 9.75. The summed E-state index contributed by atoms with van der Waals surface area (Å²) in [5.74, 6) is 1.14. The van der Waals surface area contributed by atoms with Crippen molar-refractivity contribution < 1.29 is 14.3 Å². The maximum Gasteiger partial charge on any atom is 0.264 e. The van der Waals surface area contributed by atoms with Crippen LogP contribution in [0.4, 0.5) is 0 Å². The van der Waals surface area contributed by atoms with Crippen molar-refractivity contribution in [3.63, 3.8) is 0 Å². The first kappa shape index (κ1) is 16.1. The Morgan fingerprint density at radius 1 is 1.08 bits per heavy atom. The van der Waals surface area contributed by atoms with Gasteiger partial charge in [-0.05, 0) is 28.6 Å². The fourth-order valence-electron chi connectivity index (χ4n) is 3.35. The Kier molecular flexibility index (Phi) is 4.44. The third-order valence-corrected chi connectivity index (χ3v) is 5.62. The van der Waals surface area contributed by atoms with Crippen LogP contribution in [0.25, 0.3) is 0 Å². The molecule has 1 saturated heterocycles. The molecule has 2 amide bonds. The molecule has 6 heteroatoms. The van der Waals surface area contributed by atoms with Gasteiger partial charge < -0.3 is 14.5 Å². The summed E-state index contributed by atoms with van der Waals surface area (Å²) < 4.78 is 5.51. The van der Waals surface area contributed by atoms with Crippen LogP contribution in [0.3, 0.4) is 0 Å². The standard InChI is InChI=1S/C19H20N2O3S/c22-18(13-14-3-4-16-15(12-14)5-10-24-16)20-6-8-21(9-7-20)19(23)17-2-1-11-25-17/h1-4,11-12H,5-10,13H2. The first-order valence-corrected chi connectivity index (χ1v) is 9.44. The van der Waals surface area contributed by atoms with Crippen molar-refractivity contribution in [1.29, 1.82) is 0 Å². The Bertz CT molecular complexity index is 780. The third kappa shape index (κ3) is 3.39. The summed E-state index contributed by atoms with van der Waals surface area (Å²) in [7, 11) is 0. The quantitative estimate of drug-likeness (QED) is 0.847. The molecule has 3 heterocycles. The number of ether oxygens (including phenoxy) is 1. The smallest absolute Gasteiger partial charge is 0.264 e. The van der Waals surface area contributed by atoms with Crippen molar-refractivity contribution in [3.8, 4) is 5.75 Å². The van der Waals surface area contributed by atoms with Crippen LogP contribution in [0.2, 0.25) is 0 Å². The minimum atomic E-state index is 0.0701. The van der Waals surface area contributed by atoms with E-state index in [4.69, 9.17) is 4.74 Å². The van der Waals surface area contributed by atoms with Gasteiger partial charge in [-0.25, -0.2) is 0 Å². The zero-order valence-electron chi connectivity index (χ0n) is 13.9. The molecule has 0 unspecified atom stereocenters. The lowest BCUT2D eigenvalue weighted by molar-refractivity contribution is -0.131. The Balaban J connectivity index is 1.33. The first-order chi connectivity index (χ1) is 12.2. The summed E-state index contributed by atoms with van der Waals surface area (Å²) in [5.41, 5.74) is 2.23. The van der Waals surface area contributed by atoms with E-state index in [1.54, 1.807) is 0 Å². The summed E-state index contributed by atoms with van der Waals surface area (Å²) in [5, 5.41) is 1.91. The lowest BCUT2D eigenvalue weighted by Crippen LogP contribution is -2.50. The van der Waals surface area contributed by atoms with Gasteiger partial charge in [0.2, 0.25) is 5.91 Å². The predicted octanol–water partition coefficient (Wildman–Crippen LogP) is 2.21. The van der Waals surface area contributed by atoms with Crippen LogP contribution in [0, 0.1) is 0 Å². The molecule has 0 atom stereocenters. The van der Waals surface area contributed by atoms with Gasteiger partial charge in [-0.3, -0.25) is 9.59 Å². The molecule has 2 aliphatic rings. The van der Waals surface area contributed by atoms with Gasteiger partial charge in [0.1, 0.15) is 5.75 Å². The number of amides is 2. The Morgan fingerprint density at radius 2 is 1.88 bits per heavy atom. The average molecular weight is 356 g/mol. The number of rotatable bonds is 3. The second-order valence-electron chi connectivity index (χ2n) is 6.37. The molecule has 130 valence electrons. The van der Waals surface area contributed by atoms with Gasteiger partial charge >= 0.3 is 0 Å². The molecule has 0 radical (unpaired) electrons. The highest BCUT2D eigenvalue weighted by molar-refractivity contribution is 7.12. The molecule has 1 fully saturated rings. The summed E-state index contributed by atoms with van der Waals surface area (Å²) in [6.45, 7) is 3.13. The number of hydrogen-bond donors (Lipinski definition) is 0. The number of thiophene rings is 1. The van der Waals surface area contributed by atoms with E-state index in [1.807, 2.05) is 39.4 Å². The molecule has 1 aromatic heterocycles. The largest absolute Gasteiger partial charge is 0.493 e. The lowest BCUT2D eigenvalue weighted by atomic mass is 10.1. The highest BCUT2D eigenvalue weighted by Crippen LogP contribution is 2.26. The lowest BCUT2D eigenvalue weighted by Gasteiger charge is -2.34. The second kappa shape index (κ2) is 6.88. The normalized spacial score (nSPS) is 16.5. The van der Waals surface area contributed by atoms with Gasteiger partial charge in [-0.1, -0.05) is 18.2 Å². The van der Waals surface area contributed by atoms with Crippen LogP contribution in [-0.4, -0.2) is 54.4 Å². The van der Waals surface area contributed by atoms with Crippen LogP contribution in [-0.2, 0) is 17.6 Å². The number of fused-ring (bicyclic) bond motifs is 1. The average Bonchev–Trinajstić information content (AvgIpc) is 3.32. The summed E-state index contributed by atoms with van der Waals surface area (Å²) in [6.07, 6.45) is 1.33. The van der Waals surface area contributed by atoms with Crippen LogP contribution < -0.4 is 4.74 Å². The predicted molar refractivity (Wildman–Crippen MR) is 96.1 cm³/mol. The van der Waals surface area contributed by atoms with Gasteiger partial charge in [0.15, 0.2) is 0 Å².